The first-order chi connectivity index (χ1) is 17.9. The number of hydrazone groups is 1. The Morgan fingerprint density at radius 2 is 2.08 bits per heavy atom. The molecule has 204 valence electrons. The van der Waals surface area contributed by atoms with Gasteiger partial charge in [-0.1, -0.05) is 25.1 Å². The van der Waals surface area contributed by atoms with E-state index >= 15 is 0 Å². The fourth-order valence-electron chi connectivity index (χ4n) is 4.58. The van der Waals surface area contributed by atoms with E-state index in [2.05, 4.69) is 37.5 Å². The number of carbonyl (C=O) groups is 1. The fourth-order valence-corrected chi connectivity index (χ4v) is 5.26. The van der Waals surface area contributed by atoms with Crippen molar-refractivity contribution in [2.75, 3.05) is 30.1 Å². The summed E-state index contributed by atoms with van der Waals surface area (Å²) in [6.07, 6.45) is -3.32. The van der Waals surface area contributed by atoms with Gasteiger partial charge in [-0.2, -0.15) is 18.3 Å². The molecule has 4 rings (SSSR count). The van der Waals surface area contributed by atoms with Crippen molar-refractivity contribution in [1.82, 2.24) is 4.98 Å². The maximum atomic E-state index is 13.5. The average molecular weight is 618 g/mol. The molecule has 2 aliphatic heterocycles. The van der Waals surface area contributed by atoms with Crippen molar-refractivity contribution < 1.29 is 32.5 Å². The number of halogens is 5. The van der Waals surface area contributed by atoms with Crippen molar-refractivity contribution in [2.45, 2.75) is 38.1 Å². The SMILES string of the molecule is C=C1CN(c2cc(OC)ncc2Cl)CCC1Oc1ccc(N2N=C(C(F)(F)F)[C@@H](C)[C@@H]2CC(=O)O)cc1Br. The Hall–Kier alpha value is -2.99. The molecule has 0 saturated carbocycles. The molecule has 1 saturated heterocycles. The number of hydrogen-bond donors (Lipinski definition) is 1. The predicted molar refractivity (Wildman–Crippen MR) is 142 cm³/mol. The third-order valence-electron chi connectivity index (χ3n) is 6.53. The van der Waals surface area contributed by atoms with E-state index in [1.165, 1.54) is 20.2 Å². The van der Waals surface area contributed by atoms with E-state index in [9.17, 15) is 23.1 Å². The smallest absolute Gasteiger partial charge is 0.431 e. The number of pyridine rings is 1. The van der Waals surface area contributed by atoms with Gasteiger partial charge >= 0.3 is 12.1 Å². The summed E-state index contributed by atoms with van der Waals surface area (Å²) in [5.74, 6) is -1.40. The number of hydrogen-bond acceptors (Lipinski definition) is 7. The molecule has 2 aliphatic rings. The molecule has 2 aromatic rings. The minimum absolute atomic E-state index is 0.308. The van der Waals surface area contributed by atoms with Crippen LogP contribution >= 0.6 is 27.5 Å². The van der Waals surface area contributed by atoms with Gasteiger partial charge in [0.2, 0.25) is 5.88 Å². The first kappa shape index (κ1) is 28.0. The summed E-state index contributed by atoms with van der Waals surface area (Å²) in [6, 6.07) is 5.53. The van der Waals surface area contributed by atoms with E-state index in [0.717, 1.165) is 16.3 Å². The quantitative estimate of drug-likeness (QED) is 0.385. The number of nitrogens with zero attached hydrogens (tertiary/aromatic N) is 4. The lowest BCUT2D eigenvalue weighted by Crippen LogP contribution is -2.40. The monoisotopic (exact) mass is 616 g/mol. The second-order valence-corrected chi connectivity index (χ2v) is 10.3. The Balaban J connectivity index is 1.49. The van der Waals surface area contributed by atoms with Crippen LogP contribution in [0.3, 0.4) is 0 Å². The highest BCUT2D eigenvalue weighted by molar-refractivity contribution is 9.10. The van der Waals surface area contributed by atoms with Gasteiger partial charge in [-0.15, -0.1) is 0 Å². The maximum absolute atomic E-state index is 13.5. The standard InChI is InChI=1S/C25H25BrClF3N4O4/c1-13-12-33(19-9-22(37-3)31-11-17(19)27)7-6-20(13)38-21-5-4-15(8-16(21)26)34-18(10-23(35)36)14(2)24(32-34)25(28,29)30/h4-5,8-9,11,14,18,20H,1,6-7,10,12H2,2-3H3,(H,35,36)/t14-,18-,20?/m0/s1. The van der Waals surface area contributed by atoms with E-state index < -0.39 is 36.2 Å². The number of piperidine rings is 1. The molecule has 0 radical (unpaired) electrons. The number of methoxy groups -OCH3 is 1. The maximum Gasteiger partial charge on any atom is 0.431 e. The molecular formula is C25H25BrClF3N4O4. The van der Waals surface area contributed by atoms with E-state index in [1.54, 1.807) is 24.3 Å². The molecule has 0 aliphatic carbocycles. The van der Waals surface area contributed by atoms with Crippen LogP contribution in [0.15, 0.2) is 52.2 Å². The number of benzene rings is 1. The van der Waals surface area contributed by atoms with Gasteiger partial charge in [0, 0.05) is 31.5 Å². The van der Waals surface area contributed by atoms with E-state index in [1.807, 2.05) is 0 Å². The Morgan fingerprint density at radius 1 is 1.34 bits per heavy atom. The Bertz CT molecular complexity index is 1280. The first-order valence-corrected chi connectivity index (χ1v) is 12.8. The van der Waals surface area contributed by atoms with Crippen LogP contribution in [-0.4, -0.2) is 60.3 Å². The van der Waals surface area contributed by atoms with Gasteiger partial charge < -0.3 is 19.5 Å². The summed E-state index contributed by atoms with van der Waals surface area (Å²) in [5, 5.41) is 14.6. The summed E-state index contributed by atoms with van der Waals surface area (Å²) in [4.78, 5) is 17.5. The average Bonchev–Trinajstić information content (AvgIpc) is 3.17. The van der Waals surface area contributed by atoms with Crippen molar-refractivity contribution in [2.24, 2.45) is 11.0 Å². The zero-order valence-electron chi connectivity index (χ0n) is 20.5. The highest BCUT2D eigenvalue weighted by Gasteiger charge is 2.48. The lowest BCUT2D eigenvalue weighted by Gasteiger charge is -2.36. The summed E-state index contributed by atoms with van der Waals surface area (Å²) in [5.41, 5.74) is 0.901. The Kier molecular flexibility index (Phi) is 8.12. The van der Waals surface area contributed by atoms with Crippen molar-refractivity contribution in [3.05, 3.63) is 52.1 Å². The molecular weight excluding hydrogens is 593 g/mol. The molecule has 0 amide bonds. The van der Waals surface area contributed by atoms with Gasteiger partial charge in [0.15, 0.2) is 0 Å². The second-order valence-electron chi connectivity index (χ2n) is 9.05. The summed E-state index contributed by atoms with van der Waals surface area (Å²) in [6.45, 7) is 6.62. The molecule has 8 nitrogen and oxygen atoms in total. The molecule has 0 spiro atoms. The lowest BCUT2D eigenvalue weighted by molar-refractivity contribution is -0.137. The zero-order valence-corrected chi connectivity index (χ0v) is 22.8. The number of anilines is 2. The summed E-state index contributed by atoms with van der Waals surface area (Å²) in [7, 11) is 1.53. The fraction of sp³-hybridized carbons (Fsp3) is 0.400. The predicted octanol–water partition coefficient (Wildman–Crippen LogP) is 5.94. The van der Waals surface area contributed by atoms with Gasteiger partial charge in [-0.3, -0.25) is 9.80 Å². The second kappa shape index (κ2) is 11.0. The molecule has 1 aromatic heterocycles. The minimum Gasteiger partial charge on any atom is -0.485 e. The van der Waals surface area contributed by atoms with Crippen LogP contribution in [0, 0.1) is 5.92 Å². The van der Waals surface area contributed by atoms with E-state index in [-0.39, 0.29) is 6.10 Å². The summed E-state index contributed by atoms with van der Waals surface area (Å²) >= 11 is 9.77. The third kappa shape index (κ3) is 5.85. The molecule has 1 unspecified atom stereocenters. The lowest BCUT2D eigenvalue weighted by atomic mass is 9.94. The first-order valence-electron chi connectivity index (χ1n) is 11.6. The van der Waals surface area contributed by atoms with Crippen molar-refractivity contribution in [1.29, 1.82) is 0 Å². The molecule has 1 fully saturated rings. The number of aromatic nitrogens is 1. The number of carboxylic acids is 1. The number of aliphatic carboxylic acids is 1. The molecule has 38 heavy (non-hydrogen) atoms. The van der Waals surface area contributed by atoms with Crippen LogP contribution in [0.25, 0.3) is 0 Å². The van der Waals surface area contributed by atoms with Crippen molar-refractivity contribution in [3.63, 3.8) is 0 Å². The Labute approximate surface area is 230 Å². The number of rotatable bonds is 7. The van der Waals surface area contributed by atoms with Gasteiger partial charge in [0.1, 0.15) is 17.6 Å². The molecule has 3 heterocycles. The van der Waals surface area contributed by atoms with E-state index in [0.29, 0.717) is 46.3 Å². The topological polar surface area (TPSA) is 87.5 Å². The number of carboxylic acid groups (broad SMARTS) is 1. The zero-order chi connectivity index (χ0) is 27.8. The summed E-state index contributed by atoms with van der Waals surface area (Å²) < 4.78 is 52.3. The van der Waals surface area contributed by atoms with E-state index in [4.69, 9.17) is 21.1 Å². The van der Waals surface area contributed by atoms with Crippen LogP contribution in [0.5, 0.6) is 11.6 Å². The van der Waals surface area contributed by atoms with Crippen LogP contribution in [0.1, 0.15) is 19.8 Å². The normalized spacial score (nSPS) is 21.9. The molecule has 1 aromatic carbocycles. The highest BCUT2D eigenvalue weighted by atomic mass is 79.9. The van der Waals surface area contributed by atoms with Crippen LogP contribution < -0.4 is 19.4 Å². The van der Waals surface area contributed by atoms with Crippen molar-refractivity contribution in [3.8, 4) is 11.6 Å². The molecule has 1 N–H and O–H groups in total. The largest absolute Gasteiger partial charge is 0.485 e. The minimum atomic E-state index is -4.66. The van der Waals surface area contributed by atoms with Gasteiger partial charge in [0.05, 0.1) is 46.6 Å². The number of ether oxygens (including phenoxy) is 2. The molecule has 13 heteroatoms. The third-order valence-corrected chi connectivity index (χ3v) is 7.44. The number of alkyl halides is 3. The molecule has 3 atom stereocenters. The van der Waals surface area contributed by atoms with Gasteiger partial charge in [0.25, 0.3) is 0 Å². The van der Waals surface area contributed by atoms with Crippen molar-refractivity contribution >= 4 is 50.6 Å². The van der Waals surface area contributed by atoms with Gasteiger partial charge in [-0.05, 0) is 39.7 Å². The molecule has 0 bridgehead atoms. The van der Waals surface area contributed by atoms with Crippen LogP contribution in [-0.2, 0) is 4.79 Å². The van der Waals surface area contributed by atoms with Gasteiger partial charge in [-0.25, -0.2) is 4.98 Å². The van der Waals surface area contributed by atoms with Crippen LogP contribution in [0.2, 0.25) is 5.02 Å². The van der Waals surface area contributed by atoms with Crippen LogP contribution in [0.4, 0.5) is 24.5 Å². The Morgan fingerprint density at radius 3 is 2.68 bits per heavy atom. The highest BCUT2D eigenvalue weighted by Crippen LogP contribution is 2.40.